The molecule has 128 valence electrons. The molecule has 0 aliphatic carbocycles. The summed E-state index contributed by atoms with van der Waals surface area (Å²) < 4.78 is 0.911. The van der Waals surface area contributed by atoms with Crippen LogP contribution >= 0.6 is 11.3 Å². The number of fused-ring (bicyclic) bond motifs is 1. The molecular weight excluding hydrogens is 324 g/mol. The van der Waals surface area contributed by atoms with Crippen LogP contribution in [0.5, 0.6) is 0 Å². The van der Waals surface area contributed by atoms with E-state index in [1.54, 1.807) is 0 Å². The van der Waals surface area contributed by atoms with E-state index in [1.165, 1.54) is 11.3 Å². The normalized spacial score (nSPS) is 15.9. The Morgan fingerprint density at radius 3 is 2.58 bits per heavy atom. The van der Waals surface area contributed by atoms with Gasteiger partial charge in [-0.3, -0.25) is 9.59 Å². The largest absolute Gasteiger partial charge is 0.336 e. The molecule has 1 N–H and O–H groups in total. The van der Waals surface area contributed by atoms with E-state index in [4.69, 9.17) is 0 Å². The molecular formula is C17H22N4O2S. The Balaban J connectivity index is 1.78. The molecule has 3 rings (SSSR count). The summed E-state index contributed by atoms with van der Waals surface area (Å²) in [6.45, 7) is 7.00. The fraction of sp³-hybridized carbons (Fsp3) is 0.471. The SMILES string of the molecule is CC(C)C(=O)Nc1nc2ccc(C(=O)N3CCN(C)CC3)cc2s1. The maximum Gasteiger partial charge on any atom is 0.253 e. The molecule has 0 spiro atoms. The van der Waals surface area contributed by atoms with Crippen molar-refractivity contribution in [2.24, 2.45) is 5.92 Å². The number of hydrogen-bond donors (Lipinski definition) is 1. The molecule has 1 aromatic heterocycles. The van der Waals surface area contributed by atoms with Crippen LogP contribution in [-0.2, 0) is 4.79 Å². The second-order valence-electron chi connectivity index (χ2n) is 6.44. The lowest BCUT2D eigenvalue weighted by molar-refractivity contribution is -0.118. The van der Waals surface area contributed by atoms with Gasteiger partial charge in [-0.25, -0.2) is 4.98 Å². The van der Waals surface area contributed by atoms with Crippen molar-refractivity contribution in [1.82, 2.24) is 14.8 Å². The molecule has 2 aromatic rings. The molecule has 7 heteroatoms. The molecule has 1 aliphatic heterocycles. The van der Waals surface area contributed by atoms with Gasteiger partial charge in [0.2, 0.25) is 5.91 Å². The number of hydrogen-bond acceptors (Lipinski definition) is 5. The zero-order valence-corrected chi connectivity index (χ0v) is 15.0. The van der Waals surface area contributed by atoms with Gasteiger partial charge in [0.1, 0.15) is 0 Å². The molecule has 24 heavy (non-hydrogen) atoms. The van der Waals surface area contributed by atoms with Gasteiger partial charge in [0.25, 0.3) is 5.91 Å². The highest BCUT2D eigenvalue weighted by atomic mass is 32.1. The Kier molecular flexibility index (Phi) is 4.82. The number of likely N-dealkylation sites (N-methyl/N-ethyl adjacent to an activating group) is 1. The van der Waals surface area contributed by atoms with Crippen LogP contribution in [0.4, 0.5) is 5.13 Å². The van der Waals surface area contributed by atoms with Gasteiger partial charge in [-0.15, -0.1) is 0 Å². The van der Waals surface area contributed by atoms with E-state index >= 15 is 0 Å². The highest BCUT2D eigenvalue weighted by Gasteiger charge is 2.21. The van der Waals surface area contributed by atoms with Gasteiger partial charge in [0.05, 0.1) is 10.2 Å². The smallest absolute Gasteiger partial charge is 0.253 e. The first-order chi connectivity index (χ1) is 11.4. The Labute approximate surface area is 145 Å². The fourth-order valence-electron chi connectivity index (χ4n) is 2.55. The maximum absolute atomic E-state index is 12.6. The van der Waals surface area contributed by atoms with Crippen molar-refractivity contribution in [3.8, 4) is 0 Å². The number of aromatic nitrogens is 1. The first-order valence-corrected chi connectivity index (χ1v) is 8.95. The summed E-state index contributed by atoms with van der Waals surface area (Å²) in [4.78, 5) is 33.0. The van der Waals surface area contributed by atoms with Gasteiger partial charge >= 0.3 is 0 Å². The Bertz CT molecular complexity index is 763. The average Bonchev–Trinajstić information content (AvgIpc) is 2.96. The fourth-order valence-corrected chi connectivity index (χ4v) is 3.46. The molecule has 0 unspecified atom stereocenters. The minimum atomic E-state index is -0.0913. The first kappa shape index (κ1) is 16.9. The van der Waals surface area contributed by atoms with Crippen molar-refractivity contribution >= 4 is 38.5 Å². The molecule has 0 atom stereocenters. The van der Waals surface area contributed by atoms with E-state index in [9.17, 15) is 9.59 Å². The predicted molar refractivity (Wildman–Crippen MR) is 96.5 cm³/mol. The second-order valence-corrected chi connectivity index (χ2v) is 7.47. The van der Waals surface area contributed by atoms with Crippen molar-refractivity contribution in [2.75, 3.05) is 38.5 Å². The number of nitrogens with zero attached hydrogens (tertiary/aromatic N) is 3. The third-order valence-electron chi connectivity index (χ3n) is 4.18. The second kappa shape index (κ2) is 6.86. The van der Waals surface area contributed by atoms with Crippen molar-refractivity contribution in [3.63, 3.8) is 0 Å². The summed E-state index contributed by atoms with van der Waals surface area (Å²) >= 11 is 1.40. The molecule has 0 saturated carbocycles. The topological polar surface area (TPSA) is 65.5 Å². The standard InChI is InChI=1S/C17H22N4O2S/c1-11(2)15(22)19-17-18-13-5-4-12(10-14(13)24-17)16(23)21-8-6-20(3)7-9-21/h4-5,10-11H,6-9H2,1-3H3,(H,18,19,22). The summed E-state index contributed by atoms with van der Waals surface area (Å²) in [7, 11) is 2.07. The van der Waals surface area contributed by atoms with E-state index in [0.29, 0.717) is 10.7 Å². The van der Waals surface area contributed by atoms with Gasteiger partial charge in [0.15, 0.2) is 5.13 Å². The van der Waals surface area contributed by atoms with Crippen LogP contribution in [0.3, 0.4) is 0 Å². The van der Waals surface area contributed by atoms with Crippen LogP contribution in [0.2, 0.25) is 0 Å². The van der Waals surface area contributed by atoms with Gasteiger partial charge in [-0.1, -0.05) is 25.2 Å². The number of piperazine rings is 1. The zero-order valence-electron chi connectivity index (χ0n) is 14.2. The summed E-state index contributed by atoms with van der Waals surface area (Å²) in [6.07, 6.45) is 0. The van der Waals surface area contributed by atoms with Crippen LogP contribution in [0.1, 0.15) is 24.2 Å². The number of benzene rings is 1. The van der Waals surface area contributed by atoms with Crippen LogP contribution in [0, 0.1) is 5.92 Å². The van der Waals surface area contributed by atoms with E-state index in [1.807, 2.05) is 36.9 Å². The molecule has 0 radical (unpaired) electrons. The Morgan fingerprint density at radius 2 is 1.92 bits per heavy atom. The highest BCUT2D eigenvalue weighted by Crippen LogP contribution is 2.27. The van der Waals surface area contributed by atoms with Gasteiger partial charge < -0.3 is 15.1 Å². The van der Waals surface area contributed by atoms with Crippen LogP contribution in [-0.4, -0.2) is 59.8 Å². The van der Waals surface area contributed by atoms with E-state index in [2.05, 4.69) is 22.2 Å². The molecule has 2 amide bonds. The molecule has 6 nitrogen and oxygen atoms in total. The van der Waals surface area contributed by atoms with E-state index in [0.717, 1.165) is 36.4 Å². The number of anilines is 1. The average molecular weight is 346 g/mol. The van der Waals surface area contributed by atoms with E-state index < -0.39 is 0 Å². The third-order valence-corrected chi connectivity index (χ3v) is 5.11. The third kappa shape index (κ3) is 3.57. The van der Waals surface area contributed by atoms with Crippen molar-refractivity contribution in [2.45, 2.75) is 13.8 Å². The van der Waals surface area contributed by atoms with Crippen molar-refractivity contribution in [3.05, 3.63) is 23.8 Å². The number of carbonyl (C=O) groups is 2. The summed E-state index contributed by atoms with van der Waals surface area (Å²) in [5, 5.41) is 3.39. The Hall–Kier alpha value is -1.99. The molecule has 1 aliphatic rings. The van der Waals surface area contributed by atoms with Gasteiger partial charge in [-0.2, -0.15) is 0 Å². The lowest BCUT2D eigenvalue weighted by Gasteiger charge is -2.32. The minimum Gasteiger partial charge on any atom is -0.336 e. The lowest BCUT2D eigenvalue weighted by atomic mass is 10.1. The van der Waals surface area contributed by atoms with E-state index in [-0.39, 0.29) is 17.7 Å². The van der Waals surface area contributed by atoms with Crippen molar-refractivity contribution < 1.29 is 9.59 Å². The number of rotatable bonds is 3. The van der Waals surface area contributed by atoms with Crippen LogP contribution < -0.4 is 5.32 Å². The Morgan fingerprint density at radius 1 is 1.21 bits per heavy atom. The molecule has 1 saturated heterocycles. The van der Waals surface area contributed by atoms with Crippen molar-refractivity contribution in [1.29, 1.82) is 0 Å². The van der Waals surface area contributed by atoms with Crippen LogP contribution in [0.25, 0.3) is 10.2 Å². The number of thiazole rings is 1. The summed E-state index contributed by atoms with van der Waals surface area (Å²) in [5.74, 6) is -0.0830. The highest BCUT2D eigenvalue weighted by molar-refractivity contribution is 7.22. The number of carbonyl (C=O) groups excluding carboxylic acids is 2. The van der Waals surface area contributed by atoms with Gasteiger partial charge in [0, 0.05) is 37.7 Å². The molecule has 0 bridgehead atoms. The minimum absolute atomic E-state index is 0.0530. The number of nitrogens with one attached hydrogen (secondary N) is 1. The monoisotopic (exact) mass is 346 g/mol. The van der Waals surface area contributed by atoms with Crippen LogP contribution in [0.15, 0.2) is 18.2 Å². The molecule has 2 heterocycles. The predicted octanol–water partition coefficient (Wildman–Crippen LogP) is 2.28. The molecule has 1 aromatic carbocycles. The maximum atomic E-state index is 12.6. The lowest BCUT2D eigenvalue weighted by Crippen LogP contribution is -2.47. The molecule has 1 fully saturated rings. The summed E-state index contributed by atoms with van der Waals surface area (Å²) in [5.41, 5.74) is 1.48. The first-order valence-electron chi connectivity index (χ1n) is 8.13. The number of amides is 2. The zero-order chi connectivity index (χ0) is 17.3. The van der Waals surface area contributed by atoms with Gasteiger partial charge in [-0.05, 0) is 25.2 Å². The quantitative estimate of drug-likeness (QED) is 0.926. The summed E-state index contributed by atoms with van der Waals surface area (Å²) in [6, 6.07) is 5.54.